The molecular formula is C30H36N6O. The topological polar surface area (TPSA) is 68.1 Å². The van der Waals surface area contributed by atoms with Crippen LogP contribution in [0.2, 0.25) is 0 Å². The highest BCUT2D eigenvalue weighted by molar-refractivity contribution is 5.82. The number of allylic oxidation sites excluding steroid dienone is 1. The average Bonchev–Trinajstić information content (AvgIpc) is 3.37. The molecule has 2 aromatic carbocycles. The second-order valence-electron chi connectivity index (χ2n) is 9.73. The predicted molar refractivity (Wildman–Crippen MR) is 150 cm³/mol. The maximum absolute atomic E-state index is 5.44. The zero-order valence-corrected chi connectivity index (χ0v) is 21.6. The maximum atomic E-state index is 5.44. The third-order valence-electron chi connectivity index (χ3n) is 7.04. The molecule has 0 radical (unpaired) electrons. The largest absolute Gasteiger partial charge is 0.379 e. The van der Waals surface area contributed by atoms with Crippen molar-refractivity contribution in [1.82, 2.24) is 24.4 Å². The molecule has 1 fully saturated rings. The molecule has 1 saturated heterocycles. The Bertz CT molecular complexity index is 1310. The van der Waals surface area contributed by atoms with E-state index in [0.717, 1.165) is 67.4 Å². The second-order valence-corrected chi connectivity index (χ2v) is 9.73. The van der Waals surface area contributed by atoms with Gasteiger partial charge in [0.15, 0.2) is 5.82 Å². The van der Waals surface area contributed by atoms with Gasteiger partial charge in [0.2, 0.25) is 0 Å². The van der Waals surface area contributed by atoms with Gasteiger partial charge < -0.3 is 10.1 Å². The van der Waals surface area contributed by atoms with E-state index < -0.39 is 0 Å². The van der Waals surface area contributed by atoms with Crippen molar-refractivity contribution >= 4 is 22.4 Å². The normalized spacial score (nSPS) is 15.1. The van der Waals surface area contributed by atoms with E-state index in [1.54, 1.807) is 12.4 Å². The first-order valence-corrected chi connectivity index (χ1v) is 13.3. The number of hydrogen-bond acceptors (Lipinski definition) is 6. The molecule has 0 saturated carbocycles. The summed E-state index contributed by atoms with van der Waals surface area (Å²) in [5.74, 6) is 1.46. The van der Waals surface area contributed by atoms with E-state index in [9.17, 15) is 0 Å². The molecule has 1 aliphatic rings. The molecule has 0 bridgehead atoms. The molecule has 1 aliphatic heterocycles. The Hall–Kier alpha value is -3.55. The Morgan fingerprint density at radius 1 is 1.05 bits per heavy atom. The minimum Gasteiger partial charge on any atom is -0.379 e. The van der Waals surface area contributed by atoms with Crippen LogP contribution in [0, 0.1) is 0 Å². The highest BCUT2D eigenvalue weighted by Crippen LogP contribution is 2.25. The third-order valence-corrected chi connectivity index (χ3v) is 7.04. The van der Waals surface area contributed by atoms with E-state index in [1.807, 2.05) is 29.1 Å². The van der Waals surface area contributed by atoms with E-state index in [1.165, 1.54) is 30.5 Å². The van der Waals surface area contributed by atoms with Crippen molar-refractivity contribution in [2.24, 2.45) is 0 Å². The predicted octanol–water partition coefficient (Wildman–Crippen LogP) is 5.89. The summed E-state index contributed by atoms with van der Waals surface area (Å²) >= 11 is 0. The van der Waals surface area contributed by atoms with Crippen molar-refractivity contribution in [2.75, 3.05) is 38.2 Å². The zero-order valence-electron chi connectivity index (χ0n) is 21.6. The van der Waals surface area contributed by atoms with E-state index >= 15 is 0 Å². The molecule has 1 atom stereocenters. The van der Waals surface area contributed by atoms with Crippen LogP contribution in [0.25, 0.3) is 22.4 Å². The lowest BCUT2D eigenvalue weighted by Gasteiger charge is -2.26. The van der Waals surface area contributed by atoms with Crippen LogP contribution in [0.4, 0.5) is 5.82 Å². The lowest BCUT2D eigenvalue weighted by atomic mass is 10.0. The van der Waals surface area contributed by atoms with E-state index in [0.29, 0.717) is 0 Å². The first-order chi connectivity index (χ1) is 18.2. The highest BCUT2D eigenvalue weighted by atomic mass is 16.5. The van der Waals surface area contributed by atoms with Crippen molar-refractivity contribution in [3.05, 3.63) is 85.0 Å². The average molecular weight is 497 g/mol. The molecule has 0 amide bonds. The molecule has 2 aromatic heterocycles. The number of nitrogens with zero attached hydrogens (tertiary/aromatic N) is 5. The molecule has 37 heavy (non-hydrogen) atoms. The van der Waals surface area contributed by atoms with Crippen molar-refractivity contribution in [2.45, 2.75) is 38.6 Å². The molecule has 1 N–H and O–H groups in total. The summed E-state index contributed by atoms with van der Waals surface area (Å²) in [5, 5.41) is 3.46. The van der Waals surface area contributed by atoms with Crippen LogP contribution in [-0.4, -0.2) is 57.3 Å². The highest BCUT2D eigenvalue weighted by Gasteiger charge is 2.12. The number of benzene rings is 2. The number of ether oxygens (including phenoxy) is 1. The lowest BCUT2D eigenvalue weighted by Crippen LogP contribution is -2.36. The Morgan fingerprint density at radius 2 is 1.89 bits per heavy atom. The molecule has 7 heteroatoms. The van der Waals surface area contributed by atoms with Crippen LogP contribution in [0.1, 0.15) is 49.8 Å². The summed E-state index contributed by atoms with van der Waals surface area (Å²) in [5.41, 5.74) is 5.46. The summed E-state index contributed by atoms with van der Waals surface area (Å²) in [7, 11) is 0. The minimum absolute atomic E-state index is 0.120. The number of nitrogens with one attached hydrogen (secondary N) is 1. The van der Waals surface area contributed by atoms with Crippen LogP contribution in [0.3, 0.4) is 0 Å². The Labute approximate surface area is 219 Å². The van der Waals surface area contributed by atoms with Crippen LogP contribution < -0.4 is 5.32 Å². The number of hydrogen-bond donors (Lipinski definition) is 1. The number of unbranched alkanes of at least 4 members (excludes halogenated alkanes) is 2. The van der Waals surface area contributed by atoms with Crippen LogP contribution in [0.5, 0.6) is 0 Å². The molecule has 192 valence electrons. The van der Waals surface area contributed by atoms with Crippen molar-refractivity contribution in [3.8, 4) is 5.82 Å². The van der Waals surface area contributed by atoms with Gasteiger partial charge in [0.1, 0.15) is 12.1 Å². The molecule has 0 unspecified atom stereocenters. The molecule has 4 aromatic rings. The Kier molecular flexibility index (Phi) is 8.23. The molecule has 5 rings (SSSR count). The SMILES string of the molecule is C=C(CCCCCN1CCOCC1)c1ccc2ncn(-c3cncc(N[C@@H](C)c4ccccc4)n3)c2c1. The van der Waals surface area contributed by atoms with Gasteiger partial charge in [-0.15, -0.1) is 0 Å². The Balaban J connectivity index is 1.22. The van der Waals surface area contributed by atoms with E-state index in [-0.39, 0.29) is 6.04 Å². The lowest BCUT2D eigenvalue weighted by molar-refractivity contribution is 0.0371. The first-order valence-electron chi connectivity index (χ1n) is 13.3. The number of imidazole rings is 1. The third kappa shape index (κ3) is 6.42. The van der Waals surface area contributed by atoms with Crippen LogP contribution >= 0.6 is 0 Å². The molecule has 7 nitrogen and oxygen atoms in total. The first kappa shape index (κ1) is 25.1. The van der Waals surface area contributed by atoms with Crippen LogP contribution in [0.15, 0.2) is 73.8 Å². The summed E-state index contributed by atoms with van der Waals surface area (Å²) in [6, 6.07) is 16.8. The van der Waals surface area contributed by atoms with Gasteiger partial charge in [-0.2, -0.15) is 0 Å². The van der Waals surface area contributed by atoms with Gasteiger partial charge in [-0.05, 0) is 61.6 Å². The fraction of sp³-hybridized carbons (Fsp3) is 0.367. The number of fused-ring (bicyclic) bond motifs is 1. The van der Waals surface area contributed by atoms with E-state index in [2.05, 4.69) is 64.0 Å². The summed E-state index contributed by atoms with van der Waals surface area (Å²) < 4.78 is 7.44. The molecule has 3 heterocycles. The quantitative estimate of drug-likeness (QED) is 0.261. The van der Waals surface area contributed by atoms with Gasteiger partial charge in [-0.3, -0.25) is 14.5 Å². The number of anilines is 1. The second kappa shape index (κ2) is 12.1. The van der Waals surface area contributed by atoms with Gasteiger partial charge >= 0.3 is 0 Å². The fourth-order valence-corrected chi connectivity index (χ4v) is 4.82. The van der Waals surface area contributed by atoms with E-state index in [4.69, 9.17) is 9.72 Å². The fourth-order valence-electron chi connectivity index (χ4n) is 4.82. The zero-order chi connectivity index (χ0) is 25.5. The number of morpholine rings is 1. The monoisotopic (exact) mass is 496 g/mol. The van der Waals surface area contributed by atoms with Gasteiger partial charge in [-0.1, -0.05) is 49.4 Å². The standard InChI is InChI=1S/C30H36N6O/c1-23(9-5-4-8-14-35-15-17-37-18-16-35)26-12-13-27-28(19-26)36(22-32-27)30-21-31-20-29(34-30)33-24(2)25-10-6-3-7-11-25/h3,6-7,10-13,19-22,24H,1,4-5,8-9,14-18H2,2H3,(H,33,34)/t24-/m0/s1. The summed E-state index contributed by atoms with van der Waals surface area (Å²) in [6.45, 7) is 11.5. The van der Waals surface area contributed by atoms with Crippen molar-refractivity contribution in [1.29, 1.82) is 0 Å². The number of aromatic nitrogens is 4. The molecule has 0 spiro atoms. The number of rotatable bonds is 11. The van der Waals surface area contributed by atoms with Gasteiger partial charge in [-0.25, -0.2) is 9.97 Å². The van der Waals surface area contributed by atoms with Gasteiger partial charge in [0, 0.05) is 19.1 Å². The van der Waals surface area contributed by atoms with Crippen molar-refractivity contribution < 1.29 is 4.74 Å². The van der Waals surface area contributed by atoms with Gasteiger partial charge in [0.05, 0.1) is 36.6 Å². The van der Waals surface area contributed by atoms with Crippen LogP contribution in [-0.2, 0) is 4.74 Å². The summed E-state index contributed by atoms with van der Waals surface area (Å²) in [6.07, 6.45) is 9.94. The molecular weight excluding hydrogens is 460 g/mol. The Morgan fingerprint density at radius 3 is 2.73 bits per heavy atom. The molecule has 0 aliphatic carbocycles. The minimum atomic E-state index is 0.120. The smallest absolute Gasteiger partial charge is 0.159 e. The van der Waals surface area contributed by atoms with Crippen molar-refractivity contribution in [3.63, 3.8) is 0 Å². The summed E-state index contributed by atoms with van der Waals surface area (Å²) in [4.78, 5) is 16.4. The van der Waals surface area contributed by atoms with Gasteiger partial charge in [0.25, 0.3) is 0 Å². The maximum Gasteiger partial charge on any atom is 0.159 e.